The van der Waals surface area contributed by atoms with Gasteiger partial charge in [-0.2, -0.15) is 9.97 Å². The van der Waals surface area contributed by atoms with E-state index in [0.717, 1.165) is 49.1 Å². The van der Waals surface area contributed by atoms with E-state index in [1.54, 1.807) is 6.20 Å². The van der Waals surface area contributed by atoms with Crippen LogP contribution in [0, 0.1) is 11.6 Å². The fourth-order valence-corrected chi connectivity index (χ4v) is 9.40. The van der Waals surface area contributed by atoms with Crippen LogP contribution in [0.2, 0.25) is 5.02 Å². The lowest BCUT2D eigenvalue weighted by molar-refractivity contribution is 0.107. The second kappa shape index (κ2) is 11.5. The van der Waals surface area contributed by atoms with E-state index >= 15 is 4.39 Å². The molecule has 5 aromatic rings. The Balaban J connectivity index is 1.27. The van der Waals surface area contributed by atoms with Gasteiger partial charge in [0.05, 0.1) is 26.2 Å². The van der Waals surface area contributed by atoms with Crippen LogP contribution >= 0.6 is 22.9 Å². The first-order valence-corrected chi connectivity index (χ1v) is 17.6. The first-order valence-electron chi connectivity index (χ1n) is 16.4. The van der Waals surface area contributed by atoms with Gasteiger partial charge in [-0.05, 0) is 50.4 Å². The summed E-state index contributed by atoms with van der Waals surface area (Å²) in [5.74, 6) is -0.307. The van der Waals surface area contributed by atoms with Crippen LogP contribution in [0.25, 0.3) is 32.2 Å². The third-order valence-electron chi connectivity index (χ3n) is 10.6. The highest BCUT2D eigenvalue weighted by molar-refractivity contribution is 7.22. The van der Waals surface area contributed by atoms with Gasteiger partial charge >= 0.3 is 6.01 Å². The summed E-state index contributed by atoms with van der Waals surface area (Å²) in [5, 5.41) is 0.420. The van der Waals surface area contributed by atoms with E-state index in [0.29, 0.717) is 43.0 Å². The topological polar surface area (TPSA) is 129 Å². The summed E-state index contributed by atoms with van der Waals surface area (Å²) in [5.41, 5.74) is 12.9. The number of ether oxygens (including phenoxy) is 2. The molecule has 2 aromatic carbocycles. The third kappa shape index (κ3) is 4.93. The van der Waals surface area contributed by atoms with Crippen molar-refractivity contribution in [3.8, 4) is 22.9 Å². The predicted molar refractivity (Wildman–Crippen MR) is 183 cm³/mol. The smallest absolute Gasteiger partial charge is 0.319 e. The first-order chi connectivity index (χ1) is 23.7. The summed E-state index contributed by atoms with van der Waals surface area (Å²) in [6.07, 6.45) is 4.71. The number of fused-ring (bicyclic) bond motifs is 4. The van der Waals surface area contributed by atoms with Crippen molar-refractivity contribution >= 4 is 60.8 Å². The number of nitrogen functional groups attached to an aromatic ring is 2. The van der Waals surface area contributed by atoms with Crippen molar-refractivity contribution in [2.45, 2.75) is 68.9 Å². The maximum absolute atomic E-state index is 17.3. The maximum Gasteiger partial charge on any atom is 0.319 e. The van der Waals surface area contributed by atoms with Gasteiger partial charge in [0.1, 0.15) is 41.9 Å². The quantitative estimate of drug-likeness (QED) is 0.197. The number of thiazole rings is 1. The Kier molecular flexibility index (Phi) is 7.22. The highest BCUT2D eigenvalue weighted by Crippen LogP contribution is 2.52. The zero-order valence-corrected chi connectivity index (χ0v) is 27.8. The molecule has 4 aliphatic rings. The fourth-order valence-electron chi connectivity index (χ4n) is 8.32. The number of nitrogens with two attached hydrogens (primary N) is 2. The molecule has 254 valence electrons. The van der Waals surface area contributed by atoms with Gasteiger partial charge in [-0.1, -0.05) is 29.0 Å². The molecule has 9 rings (SSSR count). The van der Waals surface area contributed by atoms with Crippen LogP contribution < -0.4 is 25.8 Å². The van der Waals surface area contributed by atoms with Gasteiger partial charge in [-0.15, -0.1) is 0 Å². The number of halogens is 4. The second-order valence-corrected chi connectivity index (χ2v) is 14.9. The monoisotopic (exact) mass is 708 g/mol. The number of hydrogen-bond acceptors (Lipinski definition) is 11. The third-order valence-corrected chi connectivity index (χ3v) is 11.8. The summed E-state index contributed by atoms with van der Waals surface area (Å²) in [4.78, 5) is 22.4. The molecule has 10 nitrogen and oxygen atoms in total. The van der Waals surface area contributed by atoms with Crippen molar-refractivity contribution in [1.82, 2.24) is 24.8 Å². The predicted octanol–water partition coefficient (Wildman–Crippen LogP) is 6.67. The molecule has 0 spiro atoms. The molecular weight excluding hydrogens is 677 g/mol. The van der Waals surface area contributed by atoms with Gasteiger partial charge < -0.3 is 25.8 Å². The van der Waals surface area contributed by atoms with Gasteiger partial charge in [-0.3, -0.25) is 4.90 Å². The number of benzene rings is 2. The van der Waals surface area contributed by atoms with Crippen LogP contribution in [0.5, 0.6) is 11.8 Å². The number of rotatable bonds is 6. The molecule has 49 heavy (non-hydrogen) atoms. The number of alkyl halides is 1. The highest BCUT2D eigenvalue weighted by atomic mass is 35.5. The van der Waals surface area contributed by atoms with Gasteiger partial charge in [0.25, 0.3) is 0 Å². The molecule has 15 heteroatoms. The molecular formula is C34H32ClF3N8O2S. The van der Waals surface area contributed by atoms with Crippen molar-refractivity contribution in [3.63, 3.8) is 0 Å². The van der Waals surface area contributed by atoms with Gasteiger partial charge in [0.15, 0.2) is 16.7 Å². The number of aromatic nitrogens is 4. The Bertz CT molecular complexity index is 2150. The molecule has 4 N–H and O–H groups in total. The van der Waals surface area contributed by atoms with E-state index in [1.807, 2.05) is 12.1 Å². The zero-order valence-electron chi connectivity index (χ0n) is 26.3. The number of hydrogen-bond donors (Lipinski definition) is 2. The van der Waals surface area contributed by atoms with Crippen LogP contribution in [0.3, 0.4) is 0 Å². The molecule has 4 atom stereocenters. The van der Waals surface area contributed by atoms with E-state index in [2.05, 4.69) is 24.8 Å². The van der Waals surface area contributed by atoms with Crippen molar-refractivity contribution in [1.29, 1.82) is 0 Å². The van der Waals surface area contributed by atoms with E-state index in [4.69, 9.17) is 37.5 Å². The second-order valence-electron chi connectivity index (χ2n) is 13.5. The molecule has 2 saturated heterocycles. The van der Waals surface area contributed by atoms with Crippen molar-refractivity contribution < 1.29 is 22.6 Å². The summed E-state index contributed by atoms with van der Waals surface area (Å²) in [6.45, 7) is 1.64. The Morgan fingerprint density at radius 3 is 2.86 bits per heavy atom. The van der Waals surface area contributed by atoms with Crippen LogP contribution in [-0.2, 0) is 6.54 Å². The highest BCUT2D eigenvalue weighted by Gasteiger charge is 2.49. The van der Waals surface area contributed by atoms with Crippen molar-refractivity contribution in [3.05, 3.63) is 52.7 Å². The molecule has 0 amide bonds. The first kappa shape index (κ1) is 30.9. The van der Waals surface area contributed by atoms with E-state index < -0.39 is 23.3 Å². The van der Waals surface area contributed by atoms with E-state index in [-0.39, 0.29) is 67.5 Å². The Labute approximate surface area is 288 Å². The number of pyridine rings is 1. The molecule has 1 aliphatic carbocycles. The van der Waals surface area contributed by atoms with E-state index in [1.165, 1.54) is 12.1 Å². The maximum atomic E-state index is 17.3. The lowest BCUT2D eigenvalue weighted by Crippen LogP contribution is -2.43. The van der Waals surface area contributed by atoms with Crippen LogP contribution in [0.4, 0.5) is 29.9 Å². The molecule has 2 bridgehead atoms. The fraction of sp³-hybridized carbons (Fsp3) is 0.412. The molecule has 3 aromatic heterocycles. The van der Waals surface area contributed by atoms with Gasteiger partial charge in [0.2, 0.25) is 0 Å². The minimum absolute atomic E-state index is 0.00498. The zero-order chi connectivity index (χ0) is 33.6. The van der Waals surface area contributed by atoms with Crippen molar-refractivity contribution in [2.24, 2.45) is 0 Å². The Hall–Kier alpha value is -4.14. The lowest BCUT2D eigenvalue weighted by atomic mass is 9.95. The Morgan fingerprint density at radius 2 is 2.00 bits per heavy atom. The summed E-state index contributed by atoms with van der Waals surface area (Å²) < 4.78 is 59.9. The average Bonchev–Trinajstić information content (AvgIpc) is 3.86. The SMILES string of the molecule is Nc1nc2c(-c3c(Cl)c4c5c(nc(OC[C@@]67CCCN6C[C@H](F)C7)nc5c3F)N(Cc3cccnc3N)[C@@H]3CC[C@@H](C3)O4)ccc(F)c2s1. The Morgan fingerprint density at radius 1 is 1.12 bits per heavy atom. The minimum Gasteiger partial charge on any atom is -0.488 e. The standard InChI is InChI=1S/C34H32ClF3N8O2S/c35-24-22(20-6-7-21(37)29-26(20)42-32(40)49-29)25(38)27-23-28(24)48-19-5-4-18(11-19)46(13-16-3-1-9-41-30(16)39)31(23)44-33(43-27)47-15-34-8-2-10-45(34)14-17(36)12-34/h1,3,6-7,9,17-19H,2,4-5,8,10-15H2,(H2,39,41)(H2,40,42)/t17-,18-,19+,34+/m1/s1. The largest absolute Gasteiger partial charge is 0.488 e. The van der Waals surface area contributed by atoms with Crippen molar-refractivity contribution in [2.75, 3.05) is 36.1 Å². The normalized spacial score (nSPS) is 24.7. The summed E-state index contributed by atoms with van der Waals surface area (Å²) in [7, 11) is 0. The van der Waals surface area contributed by atoms with Crippen LogP contribution in [0.15, 0.2) is 30.5 Å². The molecule has 0 radical (unpaired) electrons. The molecule has 0 unspecified atom stereocenters. The van der Waals surface area contributed by atoms with Gasteiger partial charge in [-0.25, -0.2) is 23.1 Å². The van der Waals surface area contributed by atoms with Gasteiger partial charge in [0, 0.05) is 54.9 Å². The molecule has 3 aliphatic heterocycles. The average molecular weight is 709 g/mol. The molecule has 1 saturated carbocycles. The van der Waals surface area contributed by atoms with E-state index in [9.17, 15) is 8.78 Å². The lowest BCUT2D eigenvalue weighted by Gasteiger charge is -2.34. The van der Waals surface area contributed by atoms with Crippen LogP contribution in [-0.4, -0.2) is 68.4 Å². The number of anilines is 3. The molecule has 6 heterocycles. The number of nitrogens with zero attached hydrogens (tertiary/aromatic N) is 6. The molecule has 3 fully saturated rings. The summed E-state index contributed by atoms with van der Waals surface area (Å²) >= 11 is 8.11. The summed E-state index contributed by atoms with van der Waals surface area (Å²) in [6, 6.07) is 6.33. The van der Waals surface area contributed by atoms with Crippen LogP contribution in [0.1, 0.15) is 44.1 Å². The minimum atomic E-state index is -0.945.